The van der Waals surface area contributed by atoms with Gasteiger partial charge >= 0.3 is 5.97 Å². The maximum absolute atomic E-state index is 11.0. The zero-order valence-electron chi connectivity index (χ0n) is 11.0. The summed E-state index contributed by atoms with van der Waals surface area (Å²) in [6.45, 7) is 2.63. The summed E-state index contributed by atoms with van der Waals surface area (Å²) in [5.74, 6) is -0.990. The van der Waals surface area contributed by atoms with Crippen molar-refractivity contribution >= 4 is 17.5 Å². The lowest BCUT2D eigenvalue weighted by Crippen LogP contribution is -2.45. The molecule has 0 bridgehead atoms. The summed E-state index contributed by atoms with van der Waals surface area (Å²) in [6.07, 6.45) is 1.46. The highest BCUT2D eigenvalue weighted by Gasteiger charge is 2.40. The molecule has 0 radical (unpaired) electrons. The van der Waals surface area contributed by atoms with Gasteiger partial charge in [-0.3, -0.25) is 0 Å². The van der Waals surface area contributed by atoms with Gasteiger partial charge < -0.3 is 25.2 Å². The Morgan fingerprint density at radius 3 is 2.55 bits per heavy atom. The van der Waals surface area contributed by atoms with E-state index in [-0.39, 0.29) is 5.69 Å². The molecule has 2 aliphatic rings. The van der Waals surface area contributed by atoms with Gasteiger partial charge in [0.2, 0.25) is 0 Å². The van der Waals surface area contributed by atoms with E-state index < -0.39 is 11.8 Å². The second-order valence-corrected chi connectivity index (χ2v) is 5.01. The summed E-state index contributed by atoms with van der Waals surface area (Å²) in [5, 5.41) is 9.00. The first-order chi connectivity index (χ1) is 9.60. The highest BCUT2D eigenvalue weighted by Crippen LogP contribution is 2.34. The summed E-state index contributed by atoms with van der Waals surface area (Å²) in [4.78, 5) is 17.1. The Bertz CT molecular complexity index is 518. The van der Waals surface area contributed by atoms with Gasteiger partial charge in [0, 0.05) is 25.9 Å². The van der Waals surface area contributed by atoms with E-state index in [0.29, 0.717) is 37.8 Å². The number of aromatic nitrogens is 1. The Morgan fingerprint density at radius 1 is 1.30 bits per heavy atom. The van der Waals surface area contributed by atoms with Crippen LogP contribution in [0, 0.1) is 0 Å². The lowest BCUT2D eigenvalue weighted by molar-refractivity contribution is -0.169. The topological polar surface area (TPSA) is 97.9 Å². The van der Waals surface area contributed by atoms with Crippen LogP contribution in [0.4, 0.5) is 11.5 Å². The van der Waals surface area contributed by atoms with Crippen LogP contribution in [0.5, 0.6) is 0 Å². The van der Waals surface area contributed by atoms with Gasteiger partial charge in [-0.2, -0.15) is 0 Å². The van der Waals surface area contributed by atoms with Crippen LogP contribution in [0.15, 0.2) is 12.1 Å². The van der Waals surface area contributed by atoms with Crippen LogP contribution in [-0.2, 0) is 9.47 Å². The van der Waals surface area contributed by atoms with E-state index in [1.165, 1.54) is 6.07 Å². The molecule has 2 fully saturated rings. The molecule has 2 aliphatic heterocycles. The number of aromatic carboxylic acids is 1. The van der Waals surface area contributed by atoms with E-state index in [1.54, 1.807) is 6.07 Å². The first kappa shape index (κ1) is 13.1. The second kappa shape index (κ2) is 4.92. The molecule has 108 valence electrons. The third-order valence-corrected chi connectivity index (χ3v) is 3.76. The third-order valence-electron chi connectivity index (χ3n) is 3.76. The Hall–Kier alpha value is -1.86. The number of hydrogen-bond donors (Lipinski definition) is 2. The number of carboxylic acids is 1. The molecule has 3 N–H and O–H groups in total. The Labute approximate surface area is 116 Å². The average molecular weight is 279 g/mol. The number of carbonyl (C=O) groups is 1. The van der Waals surface area contributed by atoms with Gasteiger partial charge in [0.05, 0.1) is 18.9 Å². The van der Waals surface area contributed by atoms with Crippen molar-refractivity contribution in [2.75, 3.05) is 36.9 Å². The Kier molecular flexibility index (Phi) is 3.23. The highest BCUT2D eigenvalue weighted by atomic mass is 16.7. The molecule has 0 saturated carbocycles. The molecule has 1 spiro atoms. The predicted molar refractivity (Wildman–Crippen MR) is 71.7 cm³/mol. The zero-order chi connectivity index (χ0) is 14.2. The van der Waals surface area contributed by atoms with Crippen LogP contribution in [0.2, 0.25) is 0 Å². The molecule has 7 heteroatoms. The molecule has 3 rings (SSSR count). The number of pyridine rings is 1. The van der Waals surface area contributed by atoms with E-state index in [1.807, 2.05) is 4.90 Å². The fourth-order valence-corrected chi connectivity index (χ4v) is 2.68. The lowest BCUT2D eigenvalue weighted by atomic mass is 10.0. The van der Waals surface area contributed by atoms with Crippen molar-refractivity contribution in [3.8, 4) is 0 Å². The van der Waals surface area contributed by atoms with Gasteiger partial charge in [0.25, 0.3) is 0 Å². The smallest absolute Gasteiger partial charge is 0.354 e. The van der Waals surface area contributed by atoms with E-state index in [0.717, 1.165) is 12.8 Å². The predicted octanol–water partition coefficient (Wildman–Crippen LogP) is 0.705. The molecule has 0 atom stereocenters. The monoisotopic (exact) mass is 279 g/mol. The summed E-state index contributed by atoms with van der Waals surface area (Å²) in [5.41, 5.74) is 6.39. The normalized spacial score (nSPS) is 21.3. The molecule has 0 unspecified atom stereocenters. The van der Waals surface area contributed by atoms with E-state index in [2.05, 4.69) is 4.98 Å². The number of nitrogens with zero attached hydrogens (tertiary/aromatic N) is 2. The minimum absolute atomic E-state index is 0.00264. The quantitative estimate of drug-likeness (QED) is 0.822. The fourth-order valence-electron chi connectivity index (χ4n) is 2.68. The third kappa shape index (κ3) is 2.30. The largest absolute Gasteiger partial charge is 0.477 e. The molecule has 1 aromatic rings. The molecule has 2 saturated heterocycles. The molecule has 1 aromatic heterocycles. The van der Waals surface area contributed by atoms with Gasteiger partial charge in [-0.25, -0.2) is 9.78 Å². The van der Waals surface area contributed by atoms with E-state index >= 15 is 0 Å². The number of carboxylic acid groups (broad SMARTS) is 1. The number of anilines is 2. The van der Waals surface area contributed by atoms with Crippen molar-refractivity contribution in [2.24, 2.45) is 0 Å². The van der Waals surface area contributed by atoms with Crippen LogP contribution in [0.3, 0.4) is 0 Å². The first-order valence-electron chi connectivity index (χ1n) is 6.62. The van der Waals surface area contributed by atoms with E-state index in [9.17, 15) is 4.79 Å². The van der Waals surface area contributed by atoms with Gasteiger partial charge in [-0.1, -0.05) is 0 Å². The van der Waals surface area contributed by atoms with Crippen LogP contribution in [-0.4, -0.2) is 48.2 Å². The van der Waals surface area contributed by atoms with Gasteiger partial charge in [0.1, 0.15) is 0 Å². The van der Waals surface area contributed by atoms with Crippen molar-refractivity contribution in [1.29, 1.82) is 0 Å². The first-order valence-corrected chi connectivity index (χ1v) is 6.62. The number of ether oxygens (including phenoxy) is 2. The lowest BCUT2D eigenvalue weighted by Gasteiger charge is -2.38. The maximum Gasteiger partial charge on any atom is 0.354 e. The molecule has 0 aliphatic carbocycles. The Balaban J connectivity index is 1.77. The molecule has 0 aromatic carbocycles. The molecule has 20 heavy (non-hydrogen) atoms. The van der Waals surface area contributed by atoms with Crippen molar-refractivity contribution in [3.05, 3.63) is 17.8 Å². The summed E-state index contributed by atoms with van der Waals surface area (Å²) >= 11 is 0. The number of rotatable bonds is 2. The molecule has 7 nitrogen and oxygen atoms in total. The number of nitrogens with two attached hydrogens (primary N) is 1. The maximum atomic E-state index is 11.0. The van der Waals surface area contributed by atoms with Crippen molar-refractivity contribution < 1.29 is 19.4 Å². The van der Waals surface area contributed by atoms with Crippen molar-refractivity contribution in [2.45, 2.75) is 18.6 Å². The van der Waals surface area contributed by atoms with Gasteiger partial charge in [0.15, 0.2) is 17.3 Å². The van der Waals surface area contributed by atoms with Crippen LogP contribution in [0.1, 0.15) is 23.3 Å². The SMILES string of the molecule is Nc1ccc(C(=O)O)nc1N1CCC2(CC1)OCCO2. The highest BCUT2D eigenvalue weighted by molar-refractivity contribution is 5.87. The van der Waals surface area contributed by atoms with Gasteiger partial charge in [-0.15, -0.1) is 0 Å². The number of nitrogen functional groups attached to an aromatic ring is 1. The minimum Gasteiger partial charge on any atom is -0.477 e. The van der Waals surface area contributed by atoms with Crippen LogP contribution >= 0.6 is 0 Å². The van der Waals surface area contributed by atoms with Crippen LogP contribution < -0.4 is 10.6 Å². The zero-order valence-corrected chi connectivity index (χ0v) is 11.0. The number of piperidine rings is 1. The summed E-state index contributed by atoms with van der Waals surface area (Å²) < 4.78 is 11.3. The molecule has 3 heterocycles. The van der Waals surface area contributed by atoms with Crippen LogP contribution in [0.25, 0.3) is 0 Å². The average Bonchev–Trinajstić information content (AvgIpc) is 2.89. The van der Waals surface area contributed by atoms with Crippen molar-refractivity contribution in [3.63, 3.8) is 0 Å². The van der Waals surface area contributed by atoms with Crippen molar-refractivity contribution in [1.82, 2.24) is 4.98 Å². The second-order valence-electron chi connectivity index (χ2n) is 5.01. The molecular formula is C13H17N3O4. The summed E-state index contributed by atoms with van der Waals surface area (Å²) in [7, 11) is 0. The standard InChI is InChI=1S/C13H17N3O4/c14-9-1-2-10(12(17)18)15-11(9)16-5-3-13(4-6-16)19-7-8-20-13/h1-2H,3-8,14H2,(H,17,18). The molecular weight excluding hydrogens is 262 g/mol. The fraction of sp³-hybridized carbons (Fsp3) is 0.538. The summed E-state index contributed by atoms with van der Waals surface area (Å²) in [6, 6.07) is 2.99. The Morgan fingerprint density at radius 2 is 1.95 bits per heavy atom. The number of hydrogen-bond acceptors (Lipinski definition) is 6. The van der Waals surface area contributed by atoms with Gasteiger partial charge in [-0.05, 0) is 12.1 Å². The molecule has 0 amide bonds. The van der Waals surface area contributed by atoms with E-state index in [4.69, 9.17) is 20.3 Å². The minimum atomic E-state index is -1.05.